The molecule has 0 bridgehead atoms. The van der Waals surface area contributed by atoms with E-state index in [4.69, 9.17) is 9.84 Å². The van der Waals surface area contributed by atoms with Gasteiger partial charge in [-0.15, -0.1) is 0 Å². The van der Waals surface area contributed by atoms with Crippen LogP contribution >= 0.6 is 0 Å². The van der Waals surface area contributed by atoms with Crippen LogP contribution in [0.3, 0.4) is 0 Å². The highest BCUT2D eigenvalue weighted by Crippen LogP contribution is 2.29. The Kier molecular flexibility index (Phi) is 15.5. The number of aliphatic hydroxyl groups is 1. The number of benzene rings is 4. The van der Waals surface area contributed by atoms with Gasteiger partial charge in [0.2, 0.25) is 17.7 Å². The lowest BCUT2D eigenvalue weighted by molar-refractivity contribution is -0.143. The highest BCUT2D eigenvalue weighted by Gasteiger charge is 2.32. The van der Waals surface area contributed by atoms with Gasteiger partial charge in [0.15, 0.2) is 0 Å². The third-order valence-corrected chi connectivity index (χ3v) is 10.2. The van der Waals surface area contributed by atoms with Crippen molar-refractivity contribution in [3.05, 3.63) is 137 Å². The van der Waals surface area contributed by atoms with Crippen molar-refractivity contribution < 1.29 is 37.4 Å². The van der Waals surface area contributed by atoms with Gasteiger partial charge in [0.25, 0.3) is 0 Å². The van der Waals surface area contributed by atoms with Crippen LogP contribution in [0.5, 0.6) is 5.75 Å². The summed E-state index contributed by atoms with van der Waals surface area (Å²) < 4.78 is 45.3. The number of piperazine rings is 1. The second-order valence-electron chi connectivity index (χ2n) is 14.5. The van der Waals surface area contributed by atoms with E-state index in [1.807, 2.05) is 90.8 Å². The van der Waals surface area contributed by atoms with Gasteiger partial charge in [-0.1, -0.05) is 66.7 Å². The molecule has 0 aromatic heterocycles. The molecule has 58 heavy (non-hydrogen) atoms. The SMILES string of the molecule is CC(=O)N1CCN(c2ccc(CN(C(=O)/C=C/c3ccc(C(F)(F)F)cc3)[C@@H](Cc3ccccc3)C(=O)N(C)CCN(C)Cc3cccc(OCCO)c3)cc2)CC1. The minimum Gasteiger partial charge on any atom is -0.491 e. The average Bonchev–Trinajstić information content (AvgIpc) is 3.22. The predicted molar refractivity (Wildman–Crippen MR) is 219 cm³/mol. The smallest absolute Gasteiger partial charge is 0.416 e. The molecule has 1 heterocycles. The zero-order valence-corrected chi connectivity index (χ0v) is 33.3. The summed E-state index contributed by atoms with van der Waals surface area (Å²) in [5, 5.41) is 9.12. The average molecular weight is 800 g/mol. The van der Waals surface area contributed by atoms with Gasteiger partial charge in [0.05, 0.1) is 12.2 Å². The summed E-state index contributed by atoms with van der Waals surface area (Å²) in [6.45, 7) is 5.93. The Morgan fingerprint density at radius 1 is 0.810 bits per heavy atom. The van der Waals surface area contributed by atoms with Crippen LogP contribution in [0, 0.1) is 0 Å². The molecule has 13 heteroatoms. The Bertz CT molecular complexity index is 1970. The summed E-state index contributed by atoms with van der Waals surface area (Å²) in [6.07, 6.45) is -1.48. The molecule has 0 aliphatic carbocycles. The van der Waals surface area contributed by atoms with Gasteiger partial charge >= 0.3 is 6.18 Å². The van der Waals surface area contributed by atoms with E-state index in [1.54, 1.807) is 18.9 Å². The number of rotatable bonds is 17. The lowest BCUT2D eigenvalue weighted by atomic mass is 10.0. The summed E-state index contributed by atoms with van der Waals surface area (Å²) in [4.78, 5) is 50.0. The Hall–Kier alpha value is -5.66. The Balaban J connectivity index is 1.38. The molecule has 0 saturated carbocycles. The standard InChI is InChI=1S/C45H52F3N5O5/c1-34(55)51-24-26-52(27-25-51)40-19-14-37(15-20-40)33-53(43(56)21-16-35-12-17-39(18-13-35)45(46,47)48)42(31-36-8-5-4-6-9-36)44(57)50(3)23-22-49(2)32-38-10-7-11-41(30-38)58-29-28-54/h4-21,30,42,54H,22-29,31-33H2,1-3H3/b21-16+/t42-/m0/s1. The van der Waals surface area contributed by atoms with Crippen LogP contribution < -0.4 is 9.64 Å². The summed E-state index contributed by atoms with van der Waals surface area (Å²) in [5.74, 6) is -0.00735. The molecule has 1 N–H and O–H groups in total. The van der Waals surface area contributed by atoms with Crippen molar-refractivity contribution in [2.75, 3.05) is 71.5 Å². The molecular formula is C45H52F3N5O5. The number of halogens is 3. The largest absolute Gasteiger partial charge is 0.491 e. The Morgan fingerprint density at radius 3 is 2.12 bits per heavy atom. The maximum absolute atomic E-state index is 14.6. The van der Waals surface area contributed by atoms with Gasteiger partial charge in [-0.2, -0.15) is 13.2 Å². The summed E-state index contributed by atoms with van der Waals surface area (Å²) in [7, 11) is 3.68. The number of amides is 3. The highest BCUT2D eigenvalue weighted by atomic mass is 19.4. The van der Waals surface area contributed by atoms with E-state index >= 15 is 0 Å². The van der Waals surface area contributed by atoms with Crippen molar-refractivity contribution in [2.45, 2.75) is 38.7 Å². The molecule has 1 saturated heterocycles. The van der Waals surface area contributed by atoms with E-state index in [0.29, 0.717) is 57.1 Å². The summed E-state index contributed by atoms with van der Waals surface area (Å²) >= 11 is 0. The first-order valence-corrected chi connectivity index (χ1v) is 19.4. The Morgan fingerprint density at radius 2 is 1.48 bits per heavy atom. The van der Waals surface area contributed by atoms with Crippen LogP contribution in [0.4, 0.5) is 18.9 Å². The van der Waals surface area contributed by atoms with E-state index in [9.17, 15) is 27.6 Å². The highest BCUT2D eigenvalue weighted by molar-refractivity contribution is 5.95. The number of aliphatic hydroxyl groups excluding tert-OH is 1. The molecule has 3 amide bonds. The van der Waals surface area contributed by atoms with Crippen LogP contribution in [-0.4, -0.2) is 115 Å². The molecule has 4 aromatic carbocycles. The van der Waals surface area contributed by atoms with Crippen LogP contribution in [0.2, 0.25) is 0 Å². The first kappa shape index (κ1) is 43.5. The zero-order chi connectivity index (χ0) is 41.7. The lowest BCUT2D eigenvalue weighted by Gasteiger charge is -2.36. The minimum absolute atomic E-state index is 0.0523. The number of hydrogen-bond donors (Lipinski definition) is 1. The Labute approximate surface area is 338 Å². The maximum Gasteiger partial charge on any atom is 0.416 e. The monoisotopic (exact) mass is 799 g/mol. The van der Waals surface area contributed by atoms with Crippen molar-refractivity contribution in [2.24, 2.45) is 0 Å². The van der Waals surface area contributed by atoms with Gasteiger partial charge in [-0.05, 0) is 71.8 Å². The first-order valence-electron chi connectivity index (χ1n) is 19.4. The zero-order valence-electron chi connectivity index (χ0n) is 33.3. The van der Waals surface area contributed by atoms with E-state index in [1.165, 1.54) is 29.2 Å². The maximum atomic E-state index is 14.6. The van der Waals surface area contributed by atoms with Crippen LogP contribution in [-0.2, 0) is 40.1 Å². The molecule has 0 radical (unpaired) electrons. The van der Waals surface area contributed by atoms with Crippen molar-refractivity contribution >= 4 is 29.5 Å². The number of carbonyl (C=O) groups excluding carboxylic acids is 3. The fraction of sp³-hybridized carbons (Fsp3) is 0.356. The number of anilines is 1. The third kappa shape index (κ3) is 12.7. The van der Waals surface area contributed by atoms with E-state index in [0.717, 1.165) is 34.5 Å². The molecule has 0 spiro atoms. The molecule has 10 nitrogen and oxygen atoms in total. The normalized spacial score (nSPS) is 13.8. The fourth-order valence-corrected chi connectivity index (χ4v) is 6.82. The van der Waals surface area contributed by atoms with Crippen molar-refractivity contribution in [1.29, 1.82) is 0 Å². The van der Waals surface area contributed by atoms with Crippen LogP contribution in [0.1, 0.15) is 34.7 Å². The van der Waals surface area contributed by atoms with Crippen LogP contribution in [0.15, 0.2) is 109 Å². The van der Waals surface area contributed by atoms with Gasteiger partial charge in [0, 0.05) is 84.5 Å². The molecule has 4 aromatic rings. The van der Waals surface area contributed by atoms with E-state index in [-0.39, 0.29) is 38.0 Å². The molecular weight excluding hydrogens is 748 g/mol. The number of nitrogens with zero attached hydrogens (tertiary/aromatic N) is 5. The number of alkyl halides is 3. The summed E-state index contributed by atoms with van der Waals surface area (Å²) in [5.41, 5.74) is 3.27. The second-order valence-corrected chi connectivity index (χ2v) is 14.5. The van der Waals surface area contributed by atoms with Crippen molar-refractivity contribution in [3.8, 4) is 5.75 Å². The number of hydrogen-bond acceptors (Lipinski definition) is 7. The second kappa shape index (κ2) is 20.7. The van der Waals surface area contributed by atoms with Gasteiger partial charge in [-0.25, -0.2) is 0 Å². The molecule has 1 aliphatic rings. The van der Waals surface area contributed by atoms with Crippen molar-refractivity contribution in [1.82, 2.24) is 19.6 Å². The first-order chi connectivity index (χ1) is 27.8. The summed E-state index contributed by atoms with van der Waals surface area (Å²) in [6, 6.07) is 28.5. The van der Waals surface area contributed by atoms with E-state index in [2.05, 4.69) is 9.80 Å². The molecule has 1 fully saturated rings. The fourth-order valence-electron chi connectivity index (χ4n) is 6.82. The van der Waals surface area contributed by atoms with E-state index < -0.39 is 23.7 Å². The number of likely N-dealkylation sites (N-methyl/N-ethyl adjacent to an activating group) is 2. The molecule has 0 unspecified atom stereocenters. The molecule has 1 aliphatic heterocycles. The van der Waals surface area contributed by atoms with Gasteiger partial charge in [-0.3, -0.25) is 14.4 Å². The van der Waals surface area contributed by atoms with Gasteiger partial charge in [0.1, 0.15) is 18.4 Å². The van der Waals surface area contributed by atoms with Crippen molar-refractivity contribution in [3.63, 3.8) is 0 Å². The minimum atomic E-state index is -4.49. The lowest BCUT2D eigenvalue weighted by Crippen LogP contribution is -2.51. The number of carbonyl (C=O) groups is 3. The third-order valence-electron chi connectivity index (χ3n) is 10.2. The molecule has 5 rings (SSSR count). The molecule has 308 valence electrons. The van der Waals surface area contributed by atoms with Crippen LogP contribution in [0.25, 0.3) is 6.08 Å². The van der Waals surface area contributed by atoms with Gasteiger partial charge < -0.3 is 34.3 Å². The number of ether oxygens (including phenoxy) is 1. The molecule has 1 atom stereocenters. The quantitative estimate of drug-likeness (QED) is 0.131. The predicted octanol–water partition coefficient (Wildman–Crippen LogP) is 5.99. The topological polar surface area (TPSA) is 96.9 Å².